The molecule has 0 radical (unpaired) electrons. The molecular weight excluding hydrogens is 204 g/mol. The summed E-state index contributed by atoms with van der Waals surface area (Å²) in [6.45, 7) is 4.85. The van der Waals surface area contributed by atoms with Gasteiger partial charge in [-0.3, -0.25) is 4.79 Å². The maximum Gasteiger partial charge on any atom is 0.251 e. The Morgan fingerprint density at radius 2 is 2.00 bits per heavy atom. The molecule has 0 fully saturated rings. The summed E-state index contributed by atoms with van der Waals surface area (Å²) in [5.41, 5.74) is 5.91. The van der Waals surface area contributed by atoms with Crippen molar-refractivity contribution in [2.75, 3.05) is 13.1 Å². The summed E-state index contributed by atoms with van der Waals surface area (Å²) in [6, 6.07) is 7.06. The van der Waals surface area contributed by atoms with Crippen molar-refractivity contribution in [2.45, 2.75) is 20.0 Å². The Kier molecular flexibility index (Phi) is 4.79. The minimum absolute atomic E-state index is 0.110. The van der Waals surface area contributed by atoms with Crippen molar-refractivity contribution in [3.63, 3.8) is 0 Å². The summed E-state index contributed by atoms with van der Waals surface area (Å²) >= 11 is 0. The van der Waals surface area contributed by atoms with Crippen LogP contribution in [0, 0.1) is 0 Å². The summed E-state index contributed by atoms with van der Waals surface area (Å²) in [5.74, 6) is 0.659. The van der Waals surface area contributed by atoms with E-state index >= 15 is 0 Å². The van der Waals surface area contributed by atoms with Gasteiger partial charge >= 0.3 is 0 Å². The van der Waals surface area contributed by atoms with Crippen LogP contribution in [0.4, 0.5) is 0 Å². The van der Waals surface area contributed by atoms with Crippen LogP contribution in [-0.2, 0) is 0 Å². The average molecular weight is 222 g/mol. The molecule has 0 unspecified atom stereocenters. The molecule has 3 N–H and O–H groups in total. The minimum Gasteiger partial charge on any atom is -0.491 e. The quantitative estimate of drug-likeness (QED) is 0.785. The zero-order chi connectivity index (χ0) is 12.0. The third kappa shape index (κ3) is 3.90. The van der Waals surface area contributed by atoms with Crippen LogP contribution in [0.25, 0.3) is 0 Å². The molecule has 0 saturated carbocycles. The third-order valence-corrected chi connectivity index (χ3v) is 1.92. The van der Waals surface area contributed by atoms with Gasteiger partial charge in [0.05, 0.1) is 6.10 Å². The Morgan fingerprint density at radius 3 is 2.50 bits per heavy atom. The first-order valence-electron chi connectivity index (χ1n) is 5.38. The number of benzene rings is 1. The number of hydrogen-bond donors (Lipinski definition) is 2. The lowest BCUT2D eigenvalue weighted by Crippen LogP contribution is -2.28. The number of carbonyl (C=O) groups excluding carboxylic acids is 1. The molecule has 88 valence electrons. The fourth-order valence-electron chi connectivity index (χ4n) is 1.24. The molecule has 4 nitrogen and oxygen atoms in total. The number of ether oxygens (including phenoxy) is 1. The molecule has 1 aromatic carbocycles. The predicted octanol–water partition coefficient (Wildman–Crippen LogP) is 1.16. The third-order valence-electron chi connectivity index (χ3n) is 1.92. The first-order valence-corrected chi connectivity index (χ1v) is 5.38. The van der Waals surface area contributed by atoms with Gasteiger partial charge in [0.2, 0.25) is 0 Å². The van der Waals surface area contributed by atoms with Crippen molar-refractivity contribution in [2.24, 2.45) is 5.73 Å². The van der Waals surface area contributed by atoms with Gasteiger partial charge < -0.3 is 15.8 Å². The van der Waals surface area contributed by atoms with Crippen molar-refractivity contribution >= 4 is 5.91 Å². The number of nitrogens with two attached hydrogens (primary N) is 1. The van der Waals surface area contributed by atoms with Crippen LogP contribution < -0.4 is 15.8 Å². The van der Waals surface area contributed by atoms with Crippen LogP contribution in [-0.4, -0.2) is 25.1 Å². The van der Waals surface area contributed by atoms with Gasteiger partial charge in [0, 0.05) is 18.7 Å². The Morgan fingerprint density at radius 1 is 1.38 bits per heavy atom. The highest BCUT2D eigenvalue weighted by atomic mass is 16.5. The van der Waals surface area contributed by atoms with Crippen molar-refractivity contribution in [1.82, 2.24) is 5.32 Å². The minimum atomic E-state index is -0.110. The summed E-state index contributed by atoms with van der Waals surface area (Å²) < 4.78 is 5.48. The fourth-order valence-corrected chi connectivity index (χ4v) is 1.24. The lowest BCUT2D eigenvalue weighted by Gasteiger charge is -2.10. The highest BCUT2D eigenvalue weighted by molar-refractivity contribution is 5.94. The van der Waals surface area contributed by atoms with E-state index in [2.05, 4.69) is 5.32 Å². The van der Waals surface area contributed by atoms with Gasteiger partial charge in [-0.05, 0) is 38.1 Å². The Bertz CT molecular complexity index is 333. The van der Waals surface area contributed by atoms with Crippen LogP contribution in [0.1, 0.15) is 24.2 Å². The lowest BCUT2D eigenvalue weighted by molar-refractivity contribution is 0.0954. The van der Waals surface area contributed by atoms with Crippen molar-refractivity contribution in [3.05, 3.63) is 29.8 Å². The van der Waals surface area contributed by atoms with Gasteiger partial charge in [-0.15, -0.1) is 0 Å². The van der Waals surface area contributed by atoms with Gasteiger partial charge in [0.25, 0.3) is 5.91 Å². The monoisotopic (exact) mass is 222 g/mol. The summed E-state index contributed by atoms with van der Waals surface area (Å²) in [7, 11) is 0. The van der Waals surface area contributed by atoms with Crippen molar-refractivity contribution in [1.29, 1.82) is 0 Å². The second-order valence-corrected chi connectivity index (χ2v) is 3.74. The van der Waals surface area contributed by atoms with Crippen molar-refractivity contribution in [3.8, 4) is 5.75 Å². The smallest absolute Gasteiger partial charge is 0.251 e. The maximum atomic E-state index is 11.5. The number of hydrogen-bond acceptors (Lipinski definition) is 3. The van der Waals surface area contributed by atoms with E-state index in [1.165, 1.54) is 0 Å². The van der Waals surface area contributed by atoms with E-state index in [0.29, 0.717) is 18.7 Å². The molecule has 1 amide bonds. The van der Waals surface area contributed by atoms with E-state index in [9.17, 15) is 4.79 Å². The number of carbonyl (C=O) groups is 1. The Labute approximate surface area is 95.8 Å². The van der Waals surface area contributed by atoms with E-state index in [1.54, 1.807) is 24.3 Å². The lowest BCUT2D eigenvalue weighted by atomic mass is 10.2. The van der Waals surface area contributed by atoms with Gasteiger partial charge in [0.15, 0.2) is 0 Å². The molecular formula is C12H18N2O2. The van der Waals surface area contributed by atoms with Crippen LogP contribution in [0.5, 0.6) is 5.75 Å². The normalized spacial score (nSPS) is 10.2. The van der Waals surface area contributed by atoms with E-state index in [4.69, 9.17) is 10.5 Å². The molecule has 4 heteroatoms. The van der Waals surface area contributed by atoms with Crippen LogP contribution in [0.15, 0.2) is 24.3 Å². The first-order chi connectivity index (χ1) is 7.63. The summed E-state index contributed by atoms with van der Waals surface area (Å²) in [4.78, 5) is 11.5. The molecule has 0 saturated heterocycles. The number of rotatable bonds is 5. The molecule has 1 rings (SSSR count). The number of amides is 1. The molecule has 0 atom stereocenters. The van der Waals surface area contributed by atoms with Gasteiger partial charge in [-0.25, -0.2) is 0 Å². The highest BCUT2D eigenvalue weighted by Crippen LogP contribution is 2.13. The largest absolute Gasteiger partial charge is 0.491 e. The maximum absolute atomic E-state index is 11.5. The van der Waals surface area contributed by atoms with E-state index < -0.39 is 0 Å². The highest BCUT2D eigenvalue weighted by Gasteiger charge is 2.04. The van der Waals surface area contributed by atoms with Gasteiger partial charge in [-0.2, -0.15) is 0 Å². The second kappa shape index (κ2) is 6.12. The predicted molar refractivity (Wildman–Crippen MR) is 63.6 cm³/mol. The van der Waals surface area contributed by atoms with Crippen molar-refractivity contribution < 1.29 is 9.53 Å². The van der Waals surface area contributed by atoms with Gasteiger partial charge in [0.1, 0.15) is 5.75 Å². The summed E-state index contributed by atoms with van der Waals surface area (Å²) in [5, 5.41) is 2.70. The molecule has 0 aromatic heterocycles. The molecule has 0 aliphatic heterocycles. The zero-order valence-corrected chi connectivity index (χ0v) is 9.69. The topological polar surface area (TPSA) is 64.3 Å². The average Bonchev–Trinajstić information content (AvgIpc) is 2.26. The standard InChI is InChI=1S/C12H18N2O2/c1-9(2)16-11-5-3-10(4-6-11)12(15)14-8-7-13/h3-6,9H,7-8,13H2,1-2H3,(H,14,15). The Hall–Kier alpha value is -1.55. The molecule has 0 aliphatic rings. The van der Waals surface area contributed by atoms with Gasteiger partial charge in [-0.1, -0.05) is 0 Å². The Balaban J connectivity index is 2.60. The zero-order valence-electron chi connectivity index (χ0n) is 9.69. The molecule has 0 aliphatic carbocycles. The number of nitrogens with one attached hydrogen (secondary N) is 1. The fraction of sp³-hybridized carbons (Fsp3) is 0.417. The van der Waals surface area contributed by atoms with Crippen LogP contribution >= 0.6 is 0 Å². The van der Waals surface area contributed by atoms with E-state index in [-0.39, 0.29) is 12.0 Å². The van der Waals surface area contributed by atoms with E-state index in [1.807, 2.05) is 13.8 Å². The van der Waals surface area contributed by atoms with Crippen LogP contribution in [0.3, 0.4) is 0 Å². The molecule has 16 heavy (non-hydrogen) atoms. The van der Waals surface area contributed by atoms with E-state index in [0.717, 1.165) is 5.75 Å². The summed E-state index contributed by atoms with van der Waals surface area (Å²) in [6.07, 6.45) is 0.136. The second-order valence-electron chi connectivity index (χ2n) is 3.74. The molecule has 0 heterocycles. The first kappa shape index (κ1) is 12.5. The SMILES string of the molecule is CC(C)Oc1ccc(C(=O)NCCN)cc1. The molecule has 0 spiro atoms. The molecule has 0 bridgehead atoms. The molecule has 1 aromatic rings. The van der Waals surface area contributed by atoms with Crippen LogP contribution in [0.2, 0.25) is 0 Å².